The van der Waals surface area contributed by atoms with Crippen molar-refractivity contribution in [2.24, 2.45) is 0 Å². The Morgan fingerprint density at radius 1 is 0.950 bits per heavy atom. The zero-order valence-corrected chi connectivity index (χ0v) is 22.5. The molecule has 0 bridgehead atoms. The molecule has 4 heterocycles. The standard InChI is InChI=1S/C32H31N7O/c1-40-14-13-37-12-11-23-7-9-25(15-27(23)19-37)30-17-28(31-32(33)34-21-35-39(30)31)24-8-10-26-20-38(36-29(26)16-24)18-22-5-3-2-4-6-22/h2-10,15-17,20-21H,11-14,18-19H2,1H3,(H2,33,34,35). The molecule has 2 N–H and O–H groups in total. The Morgan fingerprint density at radius 3 is 2.70 bits per heavy atom. The van der Waals surface area contributed by atoms with Crippen LogP contribution in [0.5, 0.6) is 0 Å². The highest BCUT2D eigenvalue weighted by Gasteiger charge is 2.20. The van der Waals surface area contributed by atoms with E-state index in [1.54, 1.807) is 7.11 Å². The van der Waals surface area contributed by atoms with Crippen LogP contribution in [0, 0.1) is 0 Å². The van der Waals surface area contributed by atoms with Crippen LogP contribution in [0.15, 0.2) is 85.3 Å². The number of rotatable bonds is 7. The van der Waals surface area contributed by atoms with Gasteiger partial charge in [0.05, 0.1) is 24.4 Å². The molecule has 8 heteroatoms. The van der Waals surface area contributed by atoms with Gasteiger partial charge in [0, 0.05) is 49.5 Å². The van der Waals surface area contributed by atoms with Crippen LogP contribution in [0.2, 0.25) is 0 Å². The first kappa shape index (κ1) is 24.5. The zero-order valence-electron chi connectivity index (χ0n) is 22.5. The van der Waals surface area contributed by atoms with E-state index in [-0.39, 0.29) is 0 Å². The predicted molar refractivity (Wildman–Crippen MR) is 158 cm³/mol. The molecule has 0 aliphatic carbocycles. The number of nitrogen functional groups attached to an aromatic ring is 1. The van der Waals surface area contributed by atoms with Crippen molar-refractivity contribution >= 4 is 22.2 Å². The molecule has 0 saturated carbocycles. The molecule has 3 aromatic heterocycles. The summed E-state index contributed by atoms with van der Waals surface area (Å²) in [4.78, 5) is 6.78. The van der Waals surface area contributed by atoms with Gasteiger partial charge in [-0.15, -0.1) is 0 Å². The van der Waals surface area contributed by atoms with E-state index in [4.69, 9.17) is 15.6 Å². The van der Waals surface area contributed by atoms with Crippen LogP contribution < -0.4 is 5.73 Å². The van der Waals surface area contributed by atoms with Crippen molar-refractivity contribution in [1.29, 1.82) is 0 Å². The number of benzene rings is 3. The van der Waals surface area contributed by atoms with Crippen LogP contribution in [-0.2, 0) is 24.2 Å². The number of fused-ring (bicyclic) bond motifs is 3. The number of anilines is 1. The van der Waals surface area contributed by atoms with Gasteiger partial charge in [-0.3, -0.25) is 9.58 Å². The fourth-order valence-electron chi connectivity index (χ4n) is 5.77. The maximum atomic E-state index is 6.45. The summed E-state index contributed by atoms with van der Waals surface area (Å²) < 4.78 is 9.22. The average molecular weight is 530 g/mol. The van der Waals surface area contributed by atoms with E-state index in [0.29, 0.717) is 5.82 Å². The lowest BCUT2D eigenvalue weighted by molar-refractivity contribution is 0.141. The third kappa shape index (κ3) is 4.51. The molecule has 7 rings (SSSR count). The fourth-order valence-corrected chi connectivity index (χ4v) is 5.77. The molecule has 8 nitrogen and oxygen atoms in total. The molecule has 0 fully saturated rings. The number of nitrogens with zero attached hydrogens (tertiary/aromatic N) is 6. The lowest BCUT2D eigenvalue weighted by Crippen LogP contribution is -2.33. The van der Waals surface area contributed by atoms with Gasteiger partial charge in [-0.05, 0) is 46.9 Å². The molecule has 1 aliphatic heterocycles. The van der Waals surface area contributed by atoms with Crippen LogP contribution >= 0.6 is 0 Å². The van der Waals surface area contributed by atoms with Crippen molar-refractivity contribution in [3.8, 4) is 22.4 Å². The summed E-state index contributed by atoms with van der Waals surface area (Å²) in [6.07, 6.45) is 4.66. The molecule has 6 aromatic rings. The Bertz CT molecular complexity index is 1820. The summed E-state index contributed by atoms with van der Waals surface area (Å²) in [6.45, 7) is 4.38. The lowest BCUT2D eigenvalue weighted by Gasteiger charge is -2.28. The van der Waals surface area contributed by atoms with Crippen LogP contribution in [0.25, 0.3) is 38.8 Å². The SMILES string of the molecule is COCCN1CCc2ccc(-c3cc(-c4ccc5cn(Cc6ccccc6)nc5c4)c4c(N)ncnn34)cc2C1. The van der Waals surface area contributed by atoms with Crippen LogP contribution in [-0.4, -0.2) is 56.1 Å². The number of hydrogen-bond donors (Lipinski definition) is 1. The number of methoxy groups -OCH3 is 1. The average Bonchev–Trinajstić information content (AvgIpc) is 3.57. The zero-order chi connectivity index (χ0) is 27.1. The molecule has 0 spiro atoms. The Morgan fingerprint density at radius 2 is 1.82 bits per heavy atom. The second-order valence-electron chi connectivity index (χ2n) is 10.4. The molecule has 3 aromatic carbocycles. The third-order valence-corrected chi connectivity index (χ3v) is 7.84. The van der Waals surface area contributed by atoms with Crippen molar-refractivity contribution in [3.05, 3.63) is 102 Å². The van der Waals surface area contributed by atoms with Gasteiger partial charge in [0.25, 0.3) is 0 Å². The van der Waals surface area contributed by atoms with Gasteiger partial charge in [0.1, 0.15) is 11.8 Å². The molecule has 0 unspecified atom stereocenters. The Kier molecular flexibility index (Phi) is 6.26. The number of ether oxygens (including phenoxy) is 1. The number of hydrogen-bond acceptors (Lipinski definition) is 6. The van der Waals surface area contributed by atoms with Gasteiger partial charge in [-0.1, -0.05) is 54.6 Å². The van der Waals surface area contributed by atoms with E-state index in [1.807, 2.05) is 15.3 Å². The quantitative estimate of drug-likeness (QED) is 0.312. The smallest absolute Gasteiger partial charge is 0.152 e. The second kappa shape index (κ2) is 10.2. The summed E-state index contributed by atoms with van der Waals surface area (Å²) in [5.74, 6) is 0.453. The molecule has 0 atom stereocenters. The van der Waals surface area contributed by atoms with Gasteiger partial charge in [0.15, 0.2) is 5.82 Å². The summed E-state index contributed by atoms with van der Waals surface area (Å²) in [5, 5.41) is 10.6. The minimum absolute atomic E-state index is 0.453. The molecule has 1 aliphatic rings. The normalized spacial score (nSPS) is 13.7. The van der Waals surface area contributed by atoms with Crippen molar-refractivity contribution in [2.75, 3.05) is 32.5 Å². The summed E-state index contributed by atoms with van der Waals surface area (Å²) in [7, 11) is 1.76. The van der Waals surface area contributed by atoms with Gasteiger partial charge in [0.2, 0.25) is 0 Å². The predicted octanol–water partition coefficient (Wildman–Crippen LogP) is 5.05. The van der Waals surface area contributed by atoms with Crippen LogP contribution in [0.4, 0.5) is 5.82 Å². The van der Waals surface area contributed by atoms with Crippen LogP contribution in [0.1, 0.15) is 16.7 Å². The summed E-state index contributed by atoms with van der Waals surface area (Å²) in [5.41, 5.74) is 16.3. The van der Waals surface area contributed by atoms with E-state index in [9.17, 15) is 0 Å². The molecular weight excluding hydrogens is 498 g/mol. The summed E-state index contributed by atoms with van der Waals surface area (Å²) >= 11 is 0. The first-order chi connectivity index (χ1) is 19.7. The summed E-state index contributed by atoms with van der Waals surface area (Å²) in [6, 6.07) is 25.7. The monoisotopic (exact) mass is 529 g/mol. The van der Waals surface area contributed by atoms with E-state index < -0.39 is 0 Å². The first-order valence-corrected chi connectivity index (χ1v) is 13.6. The Balaban J connectivity index is 1.28. The highest BCUT2D eigenvalue weighted by atomic mass is 16.5. The molecule has 40 heavy (non-hydrogen) atoms. The maximum absolute atomic E-state index is 6.45. The Hall–Kier alpha value is -4.53. The topological polar surface area (TPSA) is 86.5 Å². The van der Waals surface area contributed by atoms with Gasteiger partial charge < -0.3 is 10.5 Å². The second-order valence-corrected chi connectivity index (χ2v) is 10.4. The van der Waals surface area contributed by atoms with Crippen molar-refractivity contribution < 1.29 is 4.74 Å². The third-order valence-electron chi connectivity index (χ3n) is 7.84. The first-order valence-electron chi connectivity index (χ1n) is 13.6. The van der Waals surface area contributed by atoms with E-state index in [1.165, 1.54) is 23.0 Å². The number of nitrogens with two attached hydrogens (primary N) is 1. The van der Waals surface area contributed by atoms with Crippen molar-refractivity contribution in [3.63, 3.8) is 0 Å². The van der Waals surface area contributed by atoms with Crippen LogP contribution in [0.3, 0.4) is 0 Å². The minimum Gasteiger partial charge on any atom is -0.383 e. The van der Waals surface area contributed by atoms with E-state index in [0.717, 1.165) is 78.0 Å². The fraction of sp³-hybridized carbons (Fsp3) is 0.219. The molecule has 200 valence electrons. The Labute approximate surface area is 232 Å². The largest absolute Gasteiger partial charge is 0.383 e. The van der Waals surface area contributed by atoms with Crippen molar-refractivity contribution in [2.45, 2.75) is 19.5 Å². The van der Waals surface area contributed by atoms with Crippen molar-refractivity contribution in [1.82, 2.24) is 29.3 Å². The highest BCUT2D eigenvalue weighted by molar-refractivity contribution is 5.95. The number of aromatic nitrogens is 5. The molecule has 0 amide bonds. The van der Waals surface area contributed by atoms with E-state index >= 15 is 0 Å². The lowest BCUT2D eigenvalue weighted by atomic mass is 9.96. The van der Waals surface area contributed by atoms with E-state index in [2.05, 4.69) is 87.9 Å². The highest BCUT2D eigenvalue weighted by Crippen LogP contribution is 2.36. The molecular formula is C32H31N7O. The maximum Gasteiger partial charge on any atom is 0.152 e. The molecule has 0 saturated heterocycles. The van der Waals surface area contributed by atoms with Gasteiger partial charge >= 0.3 is 0 Å². The van der Waals surface area contributed by atoms with Gasteiger partial charge in [-0.2, -0.15) is 10.2 Å². The van der Waals surface area contributed by atoms with Gasteiger partial charge in [-0.25, -0.2) is 9.50 Å². The molecule has 0 radical (unpaired) electrons. The minimum atomic E-state index is 0.453.